The minimum atomic E-state index is -0.384. The van der Waals surface area contributed by atoms with E-state index in [9.17, 15) is 9.18 Å². The van der Waals surface area contributed by atoms with Gasteiger partial charge in [0, 0.05) is 6.04 Å². The fourth-order valence-corrected chi connectivity index (χ4v) is 1.63. The molecular weight excluding hydrogens is 239 g/mol. The number of hydrogen-bond acceptors (Lipinski definition) is 2. The van der Waals surface area contributed by atoms with Gasteiger partial charge in [-0.15, -0.1) is 0 Å². The largest absolute Gasteiger partial charge is 0.360 e. The molecule has 0 saturated heterocycles. The number of hydrogen-bond donors (Lipinski definition) is 2. The molecule has 0 spiro atoms. The first-order valence-electron chi connectivity index (χ1n) is 5.33. The van der Waals surface area contributed by atoms with Crippen LogP contribution in [0.1, 0.15) is 19.4 Å². The topological polar surface area (TPSA) is 41.1 Å². The lowest BCUT2D eigenvalue weighted by molar-refractivity contribution is -0.119. The van der Waals surface area contributed by atoms with Crippen LogP contribution >= 0.6 is 12.2 Å². The zero-order valence-corrected chi connectivity index (χ0v) is 10.6. The van der Waals surface area contributed by atoms with Crippen LogP contribution in [0.25, 0.3) is 0 Å². The van der Waals surface area contributed by atoms with Gasteiger partial charge in [0.2, 0.25) is 5.91 Å². The molecule has 0 heterocycles. The van der Waals surface area contributed by atoms with Crippen molar-refractivity contribution in [2.45, 2.75) is 26.3 Å². The molecule has 0 saturated carbocycles. The lowest BCUT2D eigenvalue weighted by atomic mass is 10.1. The normalized spacial score (nSPS) is 10.1. The predicted octanol–water partition coefficient (Wildman–Crippen LogP) is 1.77. The highest BCUT2D eigenvalue weighted by molar-refractivity contribution is 7.80. The first-order valence-corrected chi connectivity index (χ1v) is 5.73. The van der Waals surface area contributed by atoms with E-state index in [2.05, 4.69) is 10.6 Å². The van der Waals surface area contributed by atoms with Crippen molar-refractivity contribution in [2.75, 3.05) is 0 Å². The Morgan fingerprint density at radius 3 is 2.65 bits per heavy atom. The van der Waals surface area contributed by atoms with Crippen LogP contribution in [0.2, 0.25) is 0 Å². The third-order valence-corrected chi connectivity index (χ3v) is 2.20. The van der Waals surface area contributed by atoms with E-state index in [0.29, 0.717) is 5.56 Å². The molecule has 0 bridgehead atoms. The third kappa shape index (κ3) is 4.91. The van der Waals surface area contributed by atoms with Crippen LogP contribution in [-0.4, -0.2) is 17.1 Å². The molecule has 1 aromatic carbocycles. The van der Waals surface area contributed by atoms with Gasteiger partial charge >= 0.3 is 0 Å². The van der Waals surface area contributed by atoms with E-state index in [1.165, 1.54) is 6.07 Å². The van der Waals surface area contributed by atoms with Gasteiger partial charge in [-0.05, 0) is 37.7 Å². The van der Waals surface area contributed by atoms with Gasteiger partial charge in [-0.25, -0.2) is 4.39 Å². The van der Waals surface area contributed by atoms with E-state index < -0.39 is 0 Å². The number of benzene rings is 1. The molecule has 0 aromatic heterocycles. The van der Waals surface area contributed by atoms with Gasteiger partial charge in [0.15, 0.2) is 5.11 Å². The van der Waals surface area contributed by atoms with E-state index in [-0.39, 0.29) is 29.3 Å². The summed E-state index contributed by atoms with van der Waals surface area (Å²) in [7, 11) is 0. The van der Waals surface area contributed by atoms with Crippen LogP contribution in [0, 0.1) is 5.82 Å². The predicted molar refractivity (Wildman–Crippen MR) is 69.1 cm³/mol. The van der Waals surface area contributed by atoms with E-state index >= 15 is 0 Å². The van der Waals surface area contributed by atoms with Crippen LogP contribution in [0.15, 0.2) is 24.3 Å². The Kier molecular flexibility index (Phi) is 5.03. The second kappa shape index (κ2) is 6.30. The zero-order valence-electron chi connectivity index (χ0n) is 9.79. The number of nitrogens with one attached hydrogen (secondary N) is 2. The Labute approximate surface area is 105 Å². The molecule has 0 unspecified atom stereocenters. The number of thiocarbonyl (C=S) groups is 1. The Balaban J connectivity index is 2.51. The number of carbonyl (C=O) groups excluding carboxylic acids is 1. The molecule has 0 fully saturated rings. The van der Waals surface area contributed by atoms with Crippen molar-refractivity contribution in [3.8, 4) is 0 Å². The number of rotatable bonds is 3. The molecular formula is C12H15FN2OS. The average molecular weight is 254 g/mol. The zero-order chi connectivity index (χ0) is 12.8. The van der Waals surface area contributed by atoms with Gasteiger partial charge in [0.05, 0.1) is 6.42 Å². The van der Waals surface area contributed by atoms with Crippen molar-refractivity contribution in [3.05, 3.63) is 35.6 Å². The molecule has 2 N–H and O–H groups in total. The molecule has 17 heavy (non-hydrogen) atoms. The lowest BCUT2D eigenvalue weighted by Crippen LogP contribution is -2.42. The van der Waals surface area contributed by atoms with Crippen molar-refractivity contribution >= 4 is 23.2 Å². The molecule has 1 amide bonds. The summed E-state index contributed by atoms with van der Waals surface area (Å²) in [6, 6.07) is 6.33. The molecule has 0 atom stereocenters. The van der Waals surface area contributed by atoms with Crippen molar-refractivity contribution < 1.29 is 9.18 Å². The Hall–Kier alpha value is -1.49. The minimum Gasteiger partial charge on any atom is -0.360 e. The van der Waals surface area contributed by atoms with Crippen LogP contribution in [0.5, 0.6) is 0 Å². The Bertz CT molecular complexity index is 421. The van der Waals surface area contributed by atoms with Gasteiger partial charge in [0.25, 0.3) is 0 Å². The Morgan fingerprint density at radius 1 is 1.41 bits per heavy atom. The smallest absolute Gasteiger partial charge is 0.230 e. The summed E-state index contributed by atoms with van der Waals surface area (Å²) < 4.78 is 13.3. The average Bonchev–Trinajstić information content (AvgIpc) is 2.19. The van der Waals surface area contributed by atoms with Gasteiger partial charge in [-0.3, -0.25) is 4.79 Å². The van der Waals surface area contributed by atoms with Crippen molar-refractivity contribution in [2.24, 2.45) is 0 Å². The molecule has 0 aliphatic heterocycles. The van der Waals surface area contributed by atoms with E-state index in [0.717, 1.165) is 0 Å². The van der Waals surface area contributed by atoms with E-state index in [1.54, 1.807) is 18.2 Å². The van der Waals surface area contributed by atoms with E-state index in [1.807, 2.05) is 13.8 Å². The summed E-state index contributed by atoms with van der Waals surface area (Å²) in [5.41, 5.74) is 0.359. The highest BCUT2D eigenvalue weighted by atomic mass is 32.1. The lowest BCUT2D eigenvalue weighted by Gasteiger charge is -2.12. The summed E-state index contributed by atoms with van der Waals surface area (Å²) in [4.78, 5) is 11.6. The van der Waals surface area contributed by atoms with Crippen LogP contribution < -0.4 is 10.6 Å². The Morgan fingerprint density at radius 2 is 2.06 bits per heavy atom. The molecule has 1 rings (SSSR count). The van der Waals surface area contributed by atoms with Crippen LogP contribution in [0.3, 0.4) is 0 Å². The standard InChI is InChI=1S/C12H15FN2OS/c1-8(2)14-12(17)15-11(16)7-9-5-3-4-6-10(9)13/h3-6,8H,7H2,1-2H3,(H2,14,15,16,17). The monoisotopic (exact) mass is 254 g/mol. The first-order chi connectivity index (χ1) is 7.99. The minimum absolute atomic E-state index is 0.0212. The SMILES string of the molecule is CC(C)NC(=S)NC(=O)Cc1ccccc1F. The molecule has 0 aliphatic rings. The summed E-state index contributed by atoms with van der Waals surface area (Å²) in [5, 5.41) is 5.65. The molecule has 3 nitrogen and oxygen atoms in total. The number of halogens is 1. The summed E-state index contributed by atoms with van der Waals surface area (Å²) in [6.07, 6.45) is -0.0212. The molecule has 0 radical (unpaired) electrons. The number of carbonyl (C=O) groups is 1. The van der Waals surface area contributed by atoms with Gasteiger partial charge in [0.1, 0.15) is 5.82 Å². The maximum Gasteiger partial charge on any atom is 0.230 e. The maximum absolute atomic E-state index is 13.3. The van der Waals surface area contributed by atoms with Gasteiger partial charge in [-0.1, -0.05) is 18.2 Å². The van der Waals surface area contributed by atoms with Gasteiger partial charge in [-0.2, -0.15) is 0 Å². The summed E-state index contributed by atoms with van der Waals surface area (Å²) in [5.74, 6) is -0.710. The quantitative estimate of drug-likeness (QED) is 0.808. The van der Waals surface area contributed by atoms with Crippen molar-refractivity contribution in [1.29, 1.82) is 0 Å². The highest BCUT2D eigenvalue weighted by Gasteiger charge is 2.09. The van der Waals surface area contributed by atoms with E-state index in [4.69, 9.17) is 12.2 Å². The maximum atomic E-state index is 13.3. The molecule has 1 aromatic rings. The molecule has 5 heteroatoms. The fourth-order valence-electron chi connectivity index (χ4n) is 1.28. The van der Waals surface area contributed by atoms with Crippen LogP contribution in [0.4, 0.5) is 4.39 Å². The van der Waals surface area contributed by atoms with Crippen molar-refractivity contribution in [3.63, 3.8) is 0 Å². The highest BCUT2D eigenvalue weighted by Crippen LogP contribution is 2.06. The first kappa shape index (κ1) is 13.6. The summed E-state index contributed by atoms with van der Waals surface area (Å²) >= 11 is 4.92. The van der Waals surface area contributed by atoms with Gasteiger partial charge < -0.3 is 10.6 Å². The third-order valence-electron chi connectivity index (χ3n) is 1.98. The fraction of sp³-hybridized carbons (Fsp3) is 0.333. The second-order valence-corrected chi connectivity index (χ2v) is 4.35. The molecule has 92 valence electrons. The van der Waals surface area contributed by atoms with Crippen molar-refractivity contribution in [1.82, 2.24) is 10.6 Å². The number of amides is 1. The summed E-state index contributed by atoms with van der Waals surface area (Å²) in [6.45, 7) is 3.82. The molecule has 0 aliphatic carbocycles. The van der Waals surface area contributed by atoms with Crippen LogP contribution in [-0.2, 0) is 11.2 Å². The second-order valence-electron chi connectivity index (χ2n) is 3.94.